The number of morpholine rings is 1. The van der Waals surface area contributed by atoms with E-state index < -0.39 is 17.4 Å². The molecule has 0 saturated carbocycles. The van der Waals surface area contributed by atoms with Crippen LogP contribution in [-0.4, -0.2) is 67.3 Å². The summed E-state index contributed by atoms with van der Waals surface area (Å²) >= 11 is 0. The van der Waals surface area contributed by atoms with Crippen molar-refractivity contribution in [2.24, 2.45) is 0 Å². The lowest BCUT2D eigenvalue weighted by molar-refractivity contribution is 0.0414. The normalized spacial score (nSPS) is 16.9. The van der Waals surface area contributed by atoms with Crippen molar-refractivity contribution < 1.29 is 17.6 Å². The predicted octanol–water partition coefficient (Wildman–Crippen LogP) is 4.61. The predicted molar refractivity (Wildman–Crippen MR) is 126 cm³/mol. The van der Waals surface area contributed by atoms with Gasteiger partial charge >= 0.3 is 0 Å². The molecular weight excluding hydrogens is 426 g/mol. The highest BCUT2D eigenvalue weighted by Crippen LogP contribution is 2.36. The average Bonchev–Trinajstić information content (AvgIpc) is 2.59. The first-order valence-electron chi connectivity index (χ1n) is 9.86. The van der Waals surface area contributed by atoms with E-state index >= 15 is 0 Å². The molecule has 0 amide bonds. The number of nitrogens with zero attached hydrogens (tertiary/aromatic N) is 1. The zero-order chi connectivity index (χ0) is 22.1. The van der Waals surface area contributed by atoms with Gasteiger partial charge in [0.2, 0.25) is 9.05 Å². The van der Waals surface area contributed by atoms with Crippen LogP contribution in [0.2, 0.25) is 18.1 Å². The van der Waals surface area contributed by atoms with E-state index in [0.29, 0.717) is 0 Å². The number of ether oxygens (including phenoxy) is 1. The molecule has 166 valence electrons. The third kappa shape index (κ3) is 11.9. The Balaban J connectivity index is 0.000000749. The van der Waals surface area contributed by atoms with Crippen LogP contribution in [0.1, 0.15) is 26.3 Å². The van der Waals surface area contributed by atoms with Crippen LogP contribution in [0.15, 0.2) is 35.9 Å². The van der Waals surface area contributed by atoms with Gasteiger partial charge in [-0.2, -0.15) is 0 Å². The fraction of sp³-hybridized carbons (Fsp3) is 0.619. The summed E-state index contributed by atoms with van der Waals surface area (Å²) in [4.78, 5) is 2.47. The summed E-state index contributed by atoms with van der Waals surface area (Å²) in [6, 6.07) is 10.6. The Morgan fingerprint density at radius 1 is 1.21 bits per heavy atom. The molecular formula is C21H36ClNO4SSi. The first-order valence-corrected chi connectivity index (χ1v) is 15.5. The van der Waals surface area contributed by atoms with Gasteiger partial charge in [0.25, 0.3) is 0 Å². The second-order valence-corrected chi connectivity index (χ2v) is 16.7. The minimum Gasteiger partial charge on any atom is -0.413 e. The smallest absolute Gasteiger partial charge is 0.229 e. The molecule has 29 heavy (non-hydrogen) atoms. The van der Waals surface area contributed by atoms with Gasteiger partial charge in [0.1, 0.15) is 0 Å². The molecule has 2 rings (SSSR count). The Kier molecular flexibility index (Phi) is 10.6. The Morgan fingerprint density at radius 2 is 1.72 bits per heavy atom. The number of rotatable bonds is 6. The Labute approximate surface area is 182 Å². The topological polar surface area (TPSA) is 55.8 Å². The van der Waals surface area contributed by atoms with Gasteiger partial charge < -0.3 is 9.16 Å². The van der Waals surface area contributed by atoms with Gasteiger partial charge in [-0.3, -0.25) is 4.90 Å². The molecule has 1 aromatic rings. The van der Waals surface area contributed by atoms with Crippen molar-refractivity contribution in [3.05, 3.63) is 41.5 Å². The molecule has 0 aromatic heterocycles. The summed E-state index contributed by atoms with van der Waals surface area (Å²) in [6.45, 7) is 16.9. The molecule has 0 radical (unpaired) electrons. The highest BCUT2D eigenvalue weighted by molar-refractivity contribution is 8.13. The molecule has 8 heteroatoms. The van der Waals surface area contributed by atoms with Gasteiger partial charge in [-0.25, -0.2) is 8.42 Å². The van der Waals surface area contributed by atoms with Crippen LogP contribution in [0.4, 0.5) is 0 Å². The Bertz CT molecular complexity index is 732. The van der Waals surface area contributed by atoms with Gasteiger partial charge in [-0.05, 0) is 29.3 Å². The zero-order valence-electron chi connectivity index (χ0n) is 18.6. The SMILES string of the molecule is CC(C)(C)[Si](C)(C)OCC(=Cc1ccccc1)CN1CCOCC1.CS(=O)(=O)Cl. The van der Waals surface area contributed by atoms with E-state index in [2.05, 4.69) is 85.9 Å². The molecule has 0 atom stereocenters. The fourth-order valence-corrected chi connectivity index (χ4v) is 3.43. The summed E-state index contributed by atoms with van der Waals surface area (Å²) in [5.41, 5.74) is 2.60. The maximum absolute atomic E-state index is 9.40. The van der Waals surface area contributed by atoms with Crippen LogP contribution in [-0.2, 0) is 18.2 Å². The van der Waals surface area contributed by atoms with E-state index in [1.807, 2.05) is 0 Å². The minimum atomic E-state index is -3.19. The highest BCUT2D eigenvalue weighted by atomic mass is 35.7. The highest BCUT2D eigenvalue weighted by Gasteiger charge is 2.37. The lowest BCUT2D eigenvalue weighted by atomic mass is 10.1. The minimum absolute atomic E-state index is 0.240. The van der Waals surface area contributed by atoms with Crippen molar-refractivity contribution in [3.8, 4) is 0 Å². The fourth-order valence-electron chi connectivity index (χ4n) is 2.45. The van der Waals surface area contributed by atoms with E-state index in [0.717, 1.165) is 45.7 Å². The third-order valence-electron chi connectivity index (χ3n) is 5.13. The van der Waals surface area contributed by atoms with Crippen LogP contribution in [0.5, 0.6) is 0 Å². The monoisotopic (exact) mass is 461 g/mol. The molecule has 0 unspecified atom stereocenters. The van der Waals surface area contributed by atoms with E-state index in [1.54, 1.807) is 0 Å². The second-order valence-electron chi connectivity index (χ2n) is 8.83. The van der Waals surface area contributed by atoms with Crippen molar-refractivity contribution in [2.45, 2.75) is 38.9 Å². The molecule has 1 saturated heterocycles. The first kappa shape index (κ1) is 26.3. The third-order valence-corrected chi connectivity index (χ3v) is 9.60. The maximum atomic E-state index is 9.40. The van der Waals surface area contributed by atoms with E-state index in [4.69, 9.17) is 9.16 Å². The molecule has 1 heterocycles. The molecule has 0 aliphatic carbocycles. The molecule has 0 bridgehead atoms. The van der Waals surface area contributed by atoms with Crippen LogP contribution in [0.25, 0.3) is 6.08 Å². The van der Waals surface area contributed by atoms with Crippen molar-refractivity contribution in [3.63, 3.8) is 0 Å². The second kappa shape index (κ2) is 11.6. The molecule has 1 fully saturated rings. The summed E-state index contributed by atoms with van der Waals surface area (Å²) < 4.78 is 30.8. The number of hydrogen-bond donors (Lipinski definition) is 0. The quantitative estimate of drug-likeness (QED) is 0.457. The van der Waals surface area contributed by atoms with E-state index in [9.17, 15) is 8.42 Å². The Morgan fingerprint density at radius 3 is 2.21 bits per heavy atom. The van der Waals surface area contributed by atoms with E-state index in [1.165, 1.54) is 11.1 Å². The summed E-state index contributed by atoms with van der Waals surface area (Å²) in [5.74, 6) is 0. The summed E-state index contributed by atoms with van der Waals surface area (Å²) in [5, 5.41) is 0.240. The Hall–Kier alpha value is -0.703. The maximum Gasteiger partial charge on any atom is 0.229 e. The molecule has 1 aromatic carbocycles. The van der Waals surface area contributed by atoms with E-state index in [-0.39, 0.29) is 5.04 Å². The van der Waals surface area contributed by atoms with Gasteiger partial charge in [-0.1, -0.05) is 57.2 Å². The van der Waals surface area contributed by atoms with Crippen molar-refractivity contribution in [2.75, 3.05) is 45.7 Å². The molecule has 5 nitrogen and oxygen atoms in total. The summed E-state index contributed by atoms with van der Waals surface area (Å²) in [6.07, 6.45) is 3.22. The molecule has 1 aliphatic heterocycles. The molecule has 0 spiro atoms. The average molecular weight is 462 g/mol. The molecule has 1 aliphatic rings. The van der Waals surface area contributed by atoms with Crippen LogP contribution < -0.4 is 0 Å². The number of hydrogen-bond acceptors (Lipinski definition) is 5. The van der Waals surface area contributed by atoms with Gasteiger partial charge in [0.15, 0.2) is 8.32 Å². The van der Waals surface area contributed by atoms with Crippen LogP contribution in [0.3, 0.4) is 0 Å². The number of halogens is 1. The molecule has 0 N–H and O–H groups in total. The van der Waals surface area contributed by atoms with Crippen LogP contribution >= 0.6 is 10.7 Å². The van der Waals surface area contributed by atoms with Gasteiger partial charge in [0.05, 0.1) is 26.1 Å². The van der Waals surface area contributed by atoms with Crippen molar-refractivity contribution in [1.82, 2.24) is 4.90 Å². The lowest BCUT2D eigenvalue weighted by Gasteiger charge is -2.37. The first-order chi connectivity index (χ1) is 13.3. The standard InChI is InChI=1S/C20H33NO2Si.CH3ClO2S/c1-20(2,3)24(4,5)23-17-19(15-18-9-7-6-8-10-18)16-21-11-13-22-14-12-21;1-5(2,3)4/h6-10,15H,11-14,16-17H2,1-5H3;1H3. The van der Waals surface area contributed by atoms with Crippen molar-refractivity contribution in [1.29, 1.82) is 0 Å². The van der Waals surface area contributed by atoms with Gasteiger partial charge in [0, 0.05) is 30.3 Å². The lowest BCUT2D eigenvalue weighted by Crippen LogP contribution is -2.42. The van der Waals surface area contributed by atoms with Crippen molar-refractivity contribution >= 4 is 34.1 Å². The van der Waals surface area contributed by atoms with Crippen LogP contribution in [0, 0.1) is 0 Å². The zero-order valence-corrected chi connectivity index (χ0v) is 21.1. The summed E-state index contributed by atoms with van der Waals surface area (Å²) in [7, 11) is -0.427. The largest absolute Gasteiger partial charge is 0.413 e. The van der Waals surface area contributed by atoms with Gasteiger partial charge in [-0.15, -0.1) is 0 Å². The number of benzene rings is 1.